The number of nitrogens with one attached hydrogen (secondary N) is 1. The van der Waals surface area contributed by atoms with Crippen LogP contribution in [-0.4, -0.2) is 37.2 Å². The van der Waals surface area contributed by atoms with Gasteiger partial charge in [-0.05, 0) is 31.2 Å². The third kappa shape index (κ3) is 5.03. The van der Waals surface area contributed by atoms with Gasteiger partial charge < -0.3 is 19.4 Å². The molecule has 0 bridgehead atoms. The molecule has 1 aliphatic heterocycles. The van der Waals surface area contributed by atoms with Crippen LogP contribution in [-0.2, 0) is 16.0 Å². The Morgan fingerprint density at radius 1 is 1.07 bits per heavy atom. The molecule has 29 heavy (non-hydrogen) atoms. The van der Waals surface area contributed by atoms with E-state index in [-0.39, 0.29) is 5.91 Å². The molecule has 2 aromatic carbocycles. The fraction of sp³-hybridized carbons (Fsp3) is 0.304. The number of carbonyl (C=O) groups is 1. The fourth-order valence-corrected chi connectivity index (χ4v) is 3.30. The lowest BCUT2D eigenvalue weighted by molar-refractivity contribution is -0.116. The molecule has 0 unspecified atom stereocenters. The number of aromatic nitrogens is 1. The van der Waals surface area contributed by atoms with E-state index in [0.29, 0.717) is 18.7 Å². The number of nitrogens with zero attached hydrogens (tertiary/aromatic N) is 2. The average molecular weight is 391 g/mol. The summed E-state index contributed by atoms with van der Waals surface area (Å²) >= 11 is 0. The Hall–Kier alpha value is -3.12. The first kappa shape index (κ1) is 19.2. The third-order valence-electron chi connectivity index (χ3n) is 4.98. The highest BCUT2D eigenvalue weighted by Crippen LogP contribution is 2.22. The largest absolute Gasteiger partial charge is 0.441 e. The summed E-state index contributed by atoms with van der Waals surface area (Å²) < 4.78 is 11.2. The van der Waals surface area contributed by atoms with E-state index in [0.717, 1.165) is 49.0 Å². The van der Waals surface area contributed by atoms with E-state index in [2.05, 4.69) is 15.2 Å². The molecule has 6 nitrogen and oxygen atoms in total. The molecule has 1 saturated heterocycles. The smallest absolute Gasteiger partial charge is 0.224 e. The van der Waals surface area contributed by atoms with Gasteiger partial charge in [-0.2, -0.15) is 0 Å². The Kier molecular flexibility index (Phi) is 5.91. The molecule has 2 heterocycles. The molecule has 1 aliphatic rings. The Balaban J connectivity index is 1.28. The minimum Gasteiger partial charge on any atom is -0.441 e. The van der Waals surface area contributed by atoms with Gasteiger partial charge in [0.25, 0.3) is 0 Å². The summed E-state index contributed by atoms with van der Waals surface area (Å²) in [4.78, 5) is 18.9. The normalized spacial score (nSPS) is 14.0. The van der Waals surface area contributed by atoms with Crippen molar-refractivity contribution in [1.82, 2.24) is 4.98 Å². The topological polar surface area (TPSA) is 67.6 Å². The van der Waals surface area contributed by atoms with Gasteiger partial charge in [0.2, 0.25) is 5.91 Å². The summed E-state index contributed by atoms with van der Waals surface area (Å²) in [7, 11) is 0. The van der Waals surface area contributed by atoms with Gasteiger partial charge in [-0.15, -0.1) is 0 Å². The van der Waals surface area contributed by atoms with Crippen LogP contribution in [0.2, 0.25) is 0 Å². The number of amides is 1. The molecule has 6 heteroatoms. The van der Waals surface area contributed by atoms with Crippen LogP contribution in [0.25, 0.3) is 11.3 Å². The molecule has 0 saturated carbocycles. The van der Waals surface area contributed by atoms with Gasteiger partial charge in [0.1, 0.15) is 0 Å². The maximum absolute atomic E-state index is 12.3. The van der Waals surface area contributed by atoms with Gasteiger partial charge in [-0.25, -0.2) is 4.98 Å². The van der Waals surface area contributed by atoms with Crippen molar-refractivity contribution >= 4 is 17.3 Å². The standard InChI is InChI=1S/C23H25N3O3/c1-17-2-4-18(5-3-17)21-16-24-23(29-21)11-10-22(27)25-19-6-8-20(9-7-19)26-12-14-28-15-13-26/h2-9,16H,10-15H2,1H3,(H,25,27). The summed E-state index contributed by atoms with van der Waals surface area (Å²) in [5, 5.41) is 2.94. The minimum absolute atomic E-state index is 0.0563. The SMILES string of the molecule is Cc1ccc(-c2cnc(CCC(=O)Nc3ccc(N4CCOCC4)cc3)o2)cc1. The van der Waals surface area contributed by atoms with Crippen molar-refractivity contribution in [2.45, 2.75) is 19.8 Å². The van der Waals surface area contributed by atoms with Crippen LogP contribution in [0.3, 0.4) is 0 Å². The molecular formula is C23H25N3O3. The van der Waals surface area contributed by atoms with Crippen LogP contribution in [0.5, 0.6) is 0 Å². The fourth-order valence-electron chi connectivity index (χ4n) is 3.30. The van der Waals surface area contributed by atoms with Crippen LogP contribution in [0, 0.1) is 6.92 Å². The van der Waals surface area contributed by atoms with Crippen LogP contribution in [0.15, 0.2) is 59.1 Å². The van der Waals surface area contributed by atoms with Crippen LogP contribution < -0.4 is 10.2 Å². The number of benzene rings is 2. The number of rotatable bonds is 6. The van der Waals surface area contributed by atoms with Gasteiger partial charge in [-0.1, -0.05) is 29.8 Å². The number of morpholine rings is 1. The number of carbonyl (C=O) groups excluding carboxylic acids is 1. The first-order chi connectivity index (χ1) is 14.2. The van der Waals surface area contributed by atoms with Crippen molar-refractivity contribution in [2.24, 2.45) is 0 Å². The number of hydrogen-bond acceptors (Lipinski definition) is 5. The van der Waals surface area contributed by atoms with Crippen molar-refractivity contribution in [3.05, 3.63) is 66.2 Å². The zero-order valence-corrected chi connectivity index (χ0v) is 16.6. The number of oxazole rings is 1. The molecular weight excluding hydrogens is 366 g/mol. The highest BCUT2D eigenvalue weighted by atomic mass is 16.5. The van der Waals surface area contributed by atoms with Crippen molar-refractivity contribution in [3.8, 4) is 11.3 Å². The number of aryl methyl sites for hydroxylation is 2. The molecule has 0 aliphatic carbocycles. The Labute approximate surface area is 170 Å². The molecule has 150 valence electrons. The lowest BCUT2D eigenvalue weighted by atomic mass is 10.1. The predicted octanol–water partition coefficient (Wildman–Crippen LogP) is 4.06. The number of anilines is 2. The van der Waals surface area contributed by atoms with Gasteiger partial charge >= 0.3 is 0 Å². The monoisotopic (exact) mass is 391 g/mol. The summed E-state index contributed by atoms with van der Waals surface area (Å²) in [6.07, 6.45) is 2.49. The third-order valence-corrected chi connectivity index (χ3v) is 4.98. The molecule has 4 rings (SSSR count). The predicted molar refractivity (Wildman–Crippen MR) is 113 cm³/mol. The molecule has 0 spiro atoms. The number of hydrogen-bond donors (Lipinski definition) is 1. The first-order valence-corrected chi connectivity index (χ1v) is 9.92. The zero-order valence-electron chi connectivity index (χ0n) is 16.6. The Bertz CT molecular complexity index is 942. The van der Waals surface area contributed by atoms with E-state index in [1.54, 1.807) is 6.20 Å². The minimum atomic E-state index is -0.0563. The molecule has 1 N–H and O–H groups in total. The lowest BCUT2D eigenvalue weighted by Gasteiger charge is -2.28. The highest BCUT2D eigenvalue weighted by molar-refractivity contribution is 5.91. The van der Waals surface area contributed by atoms with Crippen LogP contribution >= 0.6 is 0 Å². The lowest BCUT2D eigenvalue weighted by Crippen LogP contribution is -2.36. The molecule has 3 aromatic rings. The Morgan fingerprint density at radius 2 is 1.79 bits per heavy atom. The van der Waals surface area contributed by atoms with E-state index < -0.39 is 0 Å². The van der Waals surface area contributed by atoms with Crippen LogP contribution in [0.4, 0.5) is 11.4 Å². The molecule has 1 amide bonds. The molecule has 0 atom stereocenters. The summed E-state index contributed by atoms with van der Waals surface area (Å²) in [5.74, 6) is 1.23. The van der Waals surface area contributed by atoms with Gasteiger partial charge in [-0.3, -0.25) is 4.79 Å². The van der Waals surface area contributed by atoms with E-state index in [9.17, 15) is 4.79 Å². The Morgan fingerprint density at radius 3 is 2.52 bits per heavy atom. The quantitative estimate of drug-likeness (QED) is 0.686. The van der Waals surface area contributed by atoms with Crippen molar-refractivity contribution in [1.29, 1.82) is 0 Å². The first-order valence-electron chi connectivity index (χ1n) is 9.92. The summed E-state index contributed by atoms with van der Waals surface area (Å²) in [6.45, 7) is 5.35. The molecule has 1 aromatic heterocycles. The zero-order chi connectivity index (χ0) is 20.1. The molecule has 1 fully saturated rings. The second-order valence-electron chi connectivity index (χ2n) is 7.18. The maximum atomic E-state index is 12.3. The summed E-state index contributed by atoms with van der Waals surface area (Å²) in [5.41, 5.74) is 4.12. The second kappa shape index (κ2) is 8.92. The molecule has 0 radical (unpaired) electrons. The maximum Gasteiger partial charge on any atom is 0.224 e. The van der Waals surface area contributed by atoms with E-state index in [1.807, 2.05) is 55.5 Å². The van der Waals surface area contributed by atoms with E-state index in [1.165, 1.54) is 5.56 Å². The number of ether oxygens (including phenoxy) is 1. The van der Waals surface area contributed by atoms with Crippen molar-refractivity contribution < 1.29 is 13.9 Å². The van der Waals surface area contributed by atoms with Crippen LogP contribution in [0.1, 0.15) is 17.9 Å². The van der Waals surface area contributed by atoms with Gasteiger partial charge in [0.05, 0.1) is 19.4 Å². The van der Waals surface area contributed by atoms with Gasteiger partial charge in [0.15, 0.2) is 11.7 Å². The van der Waals surface area contributed by atoms with E-state index in [4.69, 9.17) is 9.15 Å². The summed E-state index contributed by atoms with van der Waals surface area (Å²) in [6, 6.07) is 16.0. The highest BCUT2D eigenvalue weighted by Gasteiger charge is 2.12. The van der Waals surface area contributed by atoms with Crippen molar-refractivity contribution in [3.63, 3.8) is 0 Å². The van der Waals surface area contributed by atoms with Crippen molar-refractivity contribution in [2.75, 3.05) is 36.5 Å². The van der Waals surface area contributed by atoms with E-state index >= 15 is 0 Å². The second-order valence-corrected chi connectivity index (χ2v) is 7.18. The van der Waals surface area contributed by atoms with Gasteiger partial charge in [0, 0.05) is 42.9 Å². The average Bonchev–Trinajstić information content (AvgIpc) is 3.23.